The lowest BCUT2D eigenvalue weighted by molar-refractivity contribution is 0.0784. The molecule has 33 heavy (non-hydrogen) atoms. The second kappa shape index (κ2) is 10.4. The summed E-state index contributed by atoms with van der Waals surface area (Å²) in [6, 6.07) is 17.9. The van der Waals surface area contributed by atoms with Crippen LogP contribution >= 0.6 is 34.8 Å². The molecule has 4 rings (SSSR count). The van der Waals surface area contributed by atoms with E-state index < -0.39 is 0 Å². The van der Waals surface area contributed by atoms with E-state index in [1.54, 1.807) is 48.7 Å². The van der Waals surface area contributed by atoms with Crippen LogP contribution in [0.25, 0.3) is 0 Å². The number of hydrogen-bond donors (Lipinski definition) is 0. The Morgan fingerprint density at radius 3 is 2.52 bits per heavy atom. The zero-order chi connectivity index (χ0) is 23.4. The third kappa shape index (κ3) is 5.59. The van der Waals surface area contributed by atoms with Crippen LogP contribution in [-0.2, 0) is 0 Å². The molecule has 0 spiro atoms. The van der Waals surface area contributed by atoms with E-state index in [2.05, 4.69) is 11.1 Å². The molecule has 0 unspecified atom stereocenters. The normalized spacial score (nSPS) is 17.6. The minimum Gasteiger partial charge on any atom is -0.478 e. The largest absolute Gasteiger partial charge is 0.478 e. The molecule has 8 heteroatoms. The zero-order valence-corrected chi connectivity index (χ0v) is 19.8. The molecule has 3 aromatic rings. The molecule has 2 heterocycles. The van der Waals surface area contributed by atoms with Gasteiger partial charge in [0.1, 0.15) is 0 Å². The number of aromatic nitrogens is 1. The van der Waals surface area contributed by atoms with E-state index in [9.17, 15) is 4.79 Å². The van der Waals surface area contributed by atoms with Crippen LogP contribution in [0, 0.1) is 17.2 Å². The molecule has 1 aliphatic rings. The lowest BCUT2D eigenvalue weighted by Gasteiger charge is -2.19. The van der Waals surface area contributed by atoms with E-state index in [1.807, 2.05) is 17.0 Å². The van der Waals surface area contributed by atoms with Crippen molar-refractivity contribution in [3.8, 4) is 11.9 Å². The first kappa shape index (κ1) is 23.4. The number of pyridine rings is 1. The standard InChI is InChI=1S/C25H20Cl3N3O2/c26-20-6-8-24(30-13-20)33-10-9-19-14-31(25(32)17-3-1-16(12-29)2-4-17)15-21(19)18-5-7-22(27)23(28)11-18/h1-8,11,13,19,21H,9-10,14-15H2/t19-,21-/m1/s1. The van der Waals surface area contributed by atoms with Gasteiger partial charge in [-0.05, 0) is 60.4 Å². The average Bonchev–Trinajstić information content (AvgIpc) is 3.26. The van der Waals surface area contributed by atoms with E-state index in [-0.39, 0.29) is 17.7 Å². The highest BCUT2D eigenvalue weighted by Gasteiger charge is 2.36. The smallest absolute Gasteiger partial charge is 0.253 e. The summed E-state index contributed by atoms with van der Waals surface area (Å²) in [5, 5.41) is 10.5. The third-order valence-corrected chi connectivity index (χ3v) is 6.76. The molecule has 1 aliphatic heterocycles. The van der Waals surface area contributed by atoms with Crippen molar-refractivity contribution in [2.45, 2.75) is 12.3 Å². The minimum absolute atomic E-state index is 0.0627. The van der Waals surface area contributed by atoms with Crippen LogP contribution in [-0.4, -0.2) is 35.5 Å². The maximum absolute atomic E-state index is 13.2. The molecule has 0 aliphatic carbocycles. The number of nitrogens with zero attached hydrogens (tertiary/aromatic N) is 3. The van der Waals surface area contributed by atoms with Gasteiger partial charge in [0.2, 0.25) is 5.88 Å². The number of nitriles is 1. The Kier molecular flexibility index (Phi) is 7.39. The number of likely N-dealkylation sites (tertiary alicyclic amines) is 1. The highest BCUT2D eigenvalue weighted by molar-refractivity contribution is 6.42. The Labute approximate surface area is 207 Å². The van der Waals surface area contributed by atoms with Gasteiger partial charge in [-0.15, -0.1) is 0 Å². The van der Waals surface area contributed by atoms with Crippen molar-refractivity contribution in [2.75, 3.05) is 19.7 Å². The molecule has 1 aromatic heterocycles. The second-order valence-electron chi connectivity index (χ2n) is 7.89. The maximum Gasteiger partial charge on any atom is 0.253 e. The summed E-state index contributed by atoms with van der Waals surface area (Å²) in [5.74, 6) is 0.696. The molecule has 168 valence electrons. The average molecular weight is 501 g/mol. The fourth-order valence-electron chi connectivity index (χ4n) is 4.08. The summed E-state index contributed by atoms with van der Waals surface area (Å²) in [6.07, 6.45) is 2.27. The van der Waals surface area contributed by atoms with Crippen LogP contribution in [0.1, 0.15) is 33.8 Å². The number of ether oxygens (including phenoxy) is 1. The summed E-state index contributed by atoms with van der Waals surface area (Å²) >= 11 is 18.3. The van der Waals surface area contributed by atoms with Gasteiger partial charge in [0, 0.05) is 36.8 Å². The summed E-state index contributed by atoms with van der Waals surface area (Å²) < 4.78 is 5.80. The lowest BCUT2D eigenvalue weighted by atomic mass is 9.87. The minimum atomic E-state index is -0.0627. The summed E-state index contributed by atoms with van der Waals surface area (Å²) in [7, 11) is 0. The van der Waals surface area contributed by atoms with Gasteiger partial charge in [-0.1, -0.05) is 40.9 Å². The van der Waals surface area contributed by atoms with Gasteiger partial charge in [-0.25, -0.2) is 4.98 Å². The molecule has 2 atom stereocenters. The number of carbonyl (C=O) groups is 1. The zero-order valence-electron chi connectivity index (χ0n) is 17.5. The van der Waals surface area contributed by atoms with Crippen molar-refractivity contribution >= 4 is 40.7 Å². The predicted molar refractivity (Wildman–Crippen MR) is 129 cm³/mol. The Hall–Kier alpha value is -2.78. The summed E-state index contributed by atoms with van der Waals surface area (Å²) in [5.41, 5.74) is 2.12. The van der Waals surface area contributed by atoms with E-state index in [0.717, 1.165) is 12.0 Å². The van der Waals surface area contributed by atoms with E-state index in [4.69, 9.17) is 44.8 Å². The SMILES string of the molecule is N#Cc1ccc(C(=O)N2C[C@@H](CCOc3ccc(Cl)cn3)[C@@H](c3ccc(Cl)c(Cl)c3)C2)cc1. The Morgan fingerprint density at radius 1 is 1.06 bits per heavy atom. The first-order chi connectivity index (χ1) is 15.9. The second-order valence-corrected chi connectivity index (χ2v) is 9.14. The van der Waals surface area contributed by atoms with Gasteiger partial charge in [-0.2, -0.15) is 5.26 Å². The predicted octanol–water partition coefficient (Wildman–Crippen LogP) is 6.24. The molecule has 1 saturated heterocycles. The van der Waals surface area contributed by atoms with Crippen molar-refractivity contribution in [3.05, 3.63) is 92.6 Å². The molecule has 5 nitrogen and oxygen atoms in total. The number of amides is 1. The Balaban J connectivity index is 1.50. The van der Waals surface area contributed by atoms with Crippen molar-refractivity contribution in [2.24, 2.45) is 5.92 Å². The summed E-state index contributed by atoms with van der Waals surface area (Å²) in [6.45, 7) is 1.60. The highest BCUT2D eigenvalue weighted by Crippen LogP contribution is 2.37. The first-order valence-electron chi connectivity index (χ1n) is 10.4. The van der Waals surface area contributed by atoms with Crippen LogP contribution in [0.4, 0.5) is 0 Å². The molecular weight excluding hydrogens is 481 g/mol. The van der Waals surface area contributed by atoms with E-state index >= 15 is 0 Å². The maximum atomic E-state index is 13.2. The number of benzene rings is 2. The van der Waals surface area contributed by atoms with Gasteiger partial charge in [-0.3, -0.25) is 4.79 Å². The molecule has 0 bridgehead atoms. The molecule has 0 saturated carbocycles. The van der Waals surface area contributed by atoms with Crippen molar-refractivity contribution in [1.82, 2.24) is 9.88 Å². The van der Waals surface area contributed by atoms with E-state index in [1.165, 1.54) is 0 Å². The van der Waals surface area contributed by atoms with Gasteiger partial charge in [0.25, 0.3) is 5.91 Å². The summed E-state index contributed by atoms with van der Waals surface area (Å²) in [4.78, 5) is 19.2. The quantitative estimate of drug-likeness (QED) is 0.402. The lowest BCUT2D eigenvalue weighted by Crippen LogP contribution is -2.29. The molecule has 0 N–H and O–H groups in total. The molecule has 2 aromatic carbocycles. The van der Waals surface area contributed by atoms with Crippen molar-refractivity contribution < 1.29 is 9.53 Å². The highest BCUT2D eigenvalue weighted by atomic mass is 35.5. The van der Waals surface area contributed by atoms with Crippen LogP contribution in [0.5, 0.6) is 5.88 Å². The fourth-order valence-corrected chi connectivity index (χ4v) is 4.50. The first-order valence-corrected chi connectivity index (χ1v) is 11.6. The molecule has 1 amide bonds. The van der Waals surface area contributed by atoms with Crippen molar-refractivity contribution in [3.63, 3.8) is 0 Å². The van der Waals surface area contributed by atoms with E-state index in [0.29, 0.717) is 51.8 Å². The number of carbonyl (C=O) groups excluding carboxylic acids is 1. The van der Waals surface area contributed by atoms with Crippen LogP contribution in [0.15, 0.2) is 60.8 Å². The number of halogens is 3. The van der Waals surface area contributed by atoms with Gasteiger partial charge < -0.3 is 9.64 Å². The molecular formula is C25H20Cl3N3O2. The van der Waals surface area contributed by atoms with Crippen molar-refractivity contribution in [1.29, 1.82) is 5.26 Å². The van der Waals surface area contributed by atoms with Crippen LogP contribution in [0.3, 0.4) is 0 Å². The number of rotatable bonds is 6. The van der Waals surface area contributed by atoms with Crippen LogP contribution < -0.4 is 4.74 Å². The number of hydrogen-bond acceptors (Lipinski definition) is 4. The van der Waals surface area contributed by atoms with Gasteiger partial charge in [0.05, 0.1) is 33.3 Å². The molecule has 0 radical (unpaired) electrons. The molecule has 1 fully saturated rings. The fraction of sp³-hybridized carbons (Fsp3) is 0.240. The monoisotopic (exact) mass is 499 g/mol. The van der Waals surface area contributed by atoms with Gasteiger partial charge >= 0.3 is 0 Å². The topological polar surface area (TPSA) is 66.2 Å². The van der Waals surface area contributed by atoms with Gasteiger partial charge in [0.15, 0.2) is 0 Å². The van der Waals surface area contributed by atoms with Crippen LogP contribution in [0.2, 0.25) is 15.1 Å². The third-order valence-electron chi connectivity index (χ3n) is 5.80. The Bertz CT molecular complexity index is 1180. The Morgan fingerprint density at radius 2 is 1.85 bits per heavy atom.